The Kier molecular flexibility index (Phi) is 3.37. The van der Waals surface area contributed by atoms with Crippen LogP contribution in [0.5, 0.6) is 0 Å². The van der Waals surface area contributed by atoms with Crippen molar-refractivity contribution < 1.29 is 20.3 Å². The fourth-order valence-electron chi connectivity index (χ4n) is 3.22. The van der Waals surface area contributed by atoms with Gasteiger partial charge in [-0.1, -0.05) is 60.7 Å². The van der Waals surface area contributed by atoms with Gasteiger partial charge in [0.25, 0.3) is 0 Å². The van der Waals surface area contributed by atoms with Crippen LogP contribution in [0.1, 0.15) is 35.6 Å². The normalized spacial score (nSPS) is 22.7. The first-order chi connectivity index (χ1) is 8.93. The zero-order valence-electron chi connectivity index (χ0n) is 12.1. The molecule has 2 aromatic rings. The Morgan fingerprint density at radius 1 is 0.947 bits per heavy atom. The summed E-state index contributed by atoms with van der Waals surface area (Å²) in [5.74, 6) is 0.477. The number of hydrogen-bond donors (Lipinski definition) is 1. The van der Waals surface area contributed by atoms with Crippen LogP contribution in [0.2, 0.25) is 0 Å². The molecule has 1 N–H and O–H groups in total. The summed E-state index contributed by atoms with van der Waals surface area (Å²) >= 11 is 0. The molecule has 0 radical (unpaired) electrons. The van der Waals surface area contributed by atoms with E-state index in [0.717, 1.165) is 6.54 Å². The molecule has 0 saturated heterocycles. The van der Waals surface area contributed by atoms with Crippen molar-refractivity contribution in [2.24, 2.45) is 0 Å². The number of nitrogens with one attached hydrogen (secondary N) is 1. The quantitative estimate of drug-likeness (QED) is 0.727. The predicted octanol–water partition coefficient (Wildman–Crippen LogP) is 0.758. The van der Waals surface area contributed by atoms with Crippen molar-refractivity contribution in [2.45, 2.75) is 18.5 Å². The smallest absolute Gasteiger partial charge is 1.00 e. The summed E-state index contributed by atoms with van der Waals surface area (Å²) in [5.41, 5.74) is 5.73. The van der Waals surface area contributed by atoms with Crippen LogP contribution in [0.3, 0.4) is 0 Å². The van der Waals surface area contributed by atoms with E-state index in [-0.39, 0.29) is 20.3 Å². The summed E-state index contributed by atoms with van der Waals surface area (Å²) < 4.78 is 0. The van der Waals surface area contributed by atoms with Gasteiger partial charge in [0.05, 0.1) is 0 Å². The SMILES string of the molecule is C1=CC(C2NCc3ccccc32)c2ccccc21.[H-].[Li+]. The van der Waals surface area contributed by atoms with E-state index in [1.165, 1.54) is 22.3 Å². The van der Waals surface area contributed by atoms with Crippen molar-refractivity contribution in [3.63, 3.8) is 0 Å². The molecule has 0 fully saturated rings. The zero-order chi connectivity index (χ0) is 11.9. The van der Waals surface area contributed by atoms with Crippen LogP contribution in [-0.2, 0) is 6.54 Å². The molecular weight excluding hydrogens is 225 g/mol. The first kappa shape index (κ1) is 12.8. The molecule has 1 heterocycles. The minimum absolute atomic E-state index is 0. The van der Waals surface area contributed by atoms with E-state index in [0.29, 0.717) is 12.0 Å². The Bertz CT molecular complexity index is 638. The van der Waals surface area contributed by atoms with Gasteiger partial charge >= 0.3 is 18.9 Å². The second-order valence-electron chi connectivity index (χ2n) is 5.07. The standard InChI is InChI=1S/C17H15N.Li.H/c1-3-7-14-12(5-1)9-10-16(14)17-15-8-4-2-6-13(15)11-18-17;;/h1-10,16-18H,11H2;;/q;+1;-1. The first-order valence-corrected chi connectivity index (χ1v) is 6.52. The molecular formula is C17H16LiN. The molecule has 0 bridgehead atoms. The van der Waals surface area contributed by atoms with Gasteiger partial charge in [-0.25, -0.2) is 0 Å². The molecule has 0 aromatic heterocycles. The third kappa shape index (κ3) is 1.99. The summed E-state index contributed by atoms with van der Waals surface area (Å²) in [5, 5.41) is 3.65. The van der Waals surface area contributed by atoms with E-state index < -0.39 is 0 Å². The average Bonchev–Trinajstić information content (AvgIpc) is 3.01. The zero-order valence-corrected chi connectivity index (χ0v) is 11.1. The van der Waals surface area contributed by atoms with Crippen LogP contribution in [-0.4, -0.2) is 0 Å². The van der Waals surface area contributed by atoms with Gasteiger partial charge in [-0.2, -0.15) is 0 Å². The van der Waals surface area contributed by atoms with E-state index in [1.54, 1.807) is 0 Å². The summed E-state index contributed by atoms with van der Waals surface area (Å²) in [7, 11) is 0. The molecule has 4 rings (SSSR count). The summed E-state index contributed by atoms with van der Waals surface area (Å²) in [6.45, 7) is 0.993. The number of fused-ring (bicyclic) bond motifs is 2. The molecule has 0 amide bonds. The minimum Gasteiger partial charge on any atom is -1.00 e. The molecule has 2 aromatic carbocycles. The first-order valence-electron chi connectivity index (χ1n) is 6.52. The van der Waals surface area contributed by atoms with Crippen LogP contribution in [0, 0.1) is 0 Å². The minimum atomic E-state index is 0. The van der Waals surface area contributed by atoms with Crippen LogP contribution >= 0.6 is 0 Å². The monoisotopic (exact) mass is 241 g/mol. The van der Waals surface area contributed by atoms with Crippen molar-refractivity contribution in [1.82, 2.24) is 5.32 Å². The molecule has 2 aliphatic rings. The van der Waals surface area contributed by atoms with Crippen molar-refractivity contribution >= 4 is 6.08 Å². The maximum absolute atomic E-state index is 3.65. The molecule has 1 aliphatic carbocycles. The van der Waals surface area contributed by atoms with Crippen molar-refractivity contribution in [1.29, 1.82) is 0 Å². The average molecular weight is 241 g/mol. The van der Waals surface area contributed by atoms with Gasteiger partial charge in [0, 0.05) is 18.5 Å². The summed E-state index contributed by atoms with van der Waals surface area (Å²) in [6, 6.07) is 17.9. The molecule has 0 saturated carbocycles. The van der Waals surface area contributed by atoms with E-state index in [2.05, 4.69) is 66.0 Å². The second-order valence-corrected chi connectivity index (χ2v) is 5.07. The Hall–Kier alpha value is -1.26. The summed E-state index contributed by atoms with van der Waals surface area (Å²) in [6.07, 6.45) is 4.59. The topological polar surface area (TPSA) is 12.0 Å². The summed E-state index contributed by atoms with van der Waals surface area (Å²) in [4.78, 5) is 0. The third-order valence-electron chi connectivity index (χ3n) is 4.10. The maximum Gasteiger partial charge on any atom is 1.00 e. The Morgan fingerprint density at radius 2 is 1.68 bits per heavy atom. The molecule has 2 unspecified atom stereocenters. The van der Waals surface area contributed by atoms with Crippen molar-refractivity contribution in [3.05, 3.63) is 76.9 Å². The fourth-order valence-corrected chi connectivity index (χ4v) is 3.22. The van der Waals surface area contributed by atoms with E-state index >= 15 is 0 Å². The van der Waals surface area contributed by atoms with Crippen LogP contribution < -0.4 is 24.2 Å². The Morgan fingerprint density at radius 3 is 2.58 bits per heavy atom. The van der Waals surface area contributed by atoms with Gasteiger partial charge < -0.3 is 6.74 Å². The van der Waals surface area contributed by atoms with E-state index in [4.69, 9.17) is 0 Å². The number of hydrogen-bond acceptors (Lipinski definition) is 1. The van der Waals surface area contributed by atoms with Gasteiger partial charge in [0.15, 0.2) is 0 Å². The number of benzene rings is 2. The molecule has 19 heavy (non-hydrogen) atoms. The van der Waals surface area contributed by atoms with Crippen LogP contribution in [0.15, 0.2) is 54.6 Å². The van der Waals surface area contributed by atoms with Crippen LogP contribution in [0.4, 0.5) is 0 Å². The Balaban J connectivity index is 0.000000735. The third-order valence-corrected chi connectivity index (χ3v) is 4.10. The van der Waals surface area contributed by atoms with E-state index in [1.807, 2.05) is 0 Å². The van der Waals surface area contributed by atoms with Gasteiger partial charge in [-0.05, 0) is 22.3 Å². The fraction of sp³-hybridized carbons (Fsp3) is 0.176. The van der Waals surface area contributed by atoms with Gasteiger partial charge in [0.2, 0.25) is 0 Å². The van der Waals surface area contributed by atoms with Gasteiger partial charge in [-0.3, -0.25) is 0 Å². The van der Waals surface area contributed by atoms with Crippen molar-refractivity contribution in [3.8, 4) is 0 Å². The molecule has 1 nitrogen and oxygen atoms in total. The van der Waals surface area contributed by atoms with E-state index in [9.17, 15) is 0 Å². The number of rotatable bonds is 1. The molecule has 2 atom stereocenters. The largest absolute Gasteiger partial charge is 1.00 e. The second kappa shape index (κ2) is 5.02. The van der Waals surface area contributed by atoms with Gasteiger partial charge in [0.1, 0.15) is 0 Å². The molecule has 2 heteroatoms. The molecule has 0 spiro atoms. The van der Waals surface area contributed by atoms with Gasteiger partial charge in [-0.15, -0.1) is 0 Å². The van der Waals surface area contributed by atoms with Crippen LogP contribution in [0.25, 0.3) is 6.08 Å². The Labute approximate surface area is 127 Å². The predicted molar refractivity (Wildman–Crippen MR) is 75.4 cm³/mol. The maximum atomic E-state index is 3.65. The van der Waals surface area contributed by atoms with Crippen molar-refractivity contribution in [2.75, 3.05) is 0 Å². The molecule has 90 valence electrons. The molecule has 1 aliphatic heterocycles.